The van der Waals surface area contributed by atoms with Crippen molar-refractivity contribution in [1.29, 1.82) is 0 Å². The van der Waals surface area contributed by atoms with Crippen molar-refractivity contribution in [2.24, 2.45) is 0 Å². The zero-order valence-corrected chi connectivity index (χ0v) is 15.2. The van der Waals surface area contributed by atoms with E-state index in [0.29, 0.717) is 17.3 Å². The number of amides is 1. The van der Waals surface area contributed by atoms with Crippen LogP contribution in [0.4, 0.5) is 5.69 Å². The van der Waals surface area contributed by atoms with Crippen LogP contribution in [0.2, 0.25) is 5.02 Å². The first-order valence-electron chi connectivity index (χ1n) is 8.85. The second kappa shape index (κ2) is 7.66. The molecule has 2 aromatic rings. The molecule has 1 saturated heterocycles. The SMILES string of the molecule is O=C1C(c2ccccc2)Oc2ccc(Cl)cc2N1CCN1CCOCC1. The smallest absolute Gasteiger partial charge is 0.272 e. The van der Waals surface area contributed by atoms with Gasteiger partial charge in [0.25, 0.3) is 5.91 Å². The molecule has 0 spiro atoms. The minimum absolute atomic E-state index is 0.0563. The van der Waals surface area contributed by atoms with Crippen molar-refractivity contribution in [3.8, 4) is 5.75 Å². The maximum absolute atomic E-state index is 13.2. The van der Waals surface area contributed by atoms with E-state index in [2.05, 4.69) is 4.90 Å². The summed E-state index contributed by atoms with van der Waals surface area (Å²) in [7, 11) is 0. The summed E-state index contributed by atoms with van der Waals surface area (Å²) in [6.07, 6.45) is -0.630. The van der Waals surface area contributed by atoms with Crippen LogP contribution < -0.4 is 9.64 Å². The van der Waals surface area contributed by atoms with Crippen LogP contribution in [-0.2, 0) is 9.53 Å². The number of ether oxygens (including phenoxy) is 2. The van der Waals surface area contributed by atoms with Crippen LogP contribution >= 0.6 is 11.6 Å². The molecular formula is C20H21ClN2O3. The van der Waals surface area contributed by atoms with Crippen molar-refractivity contribution in [2.45, 2.75) is 6.10 Å². The lowest BCUT2D eigenvalue weighted by molar-refractivity contribution is -0.126. The van der Waals surface area contributed by atoms with Crippen molar-refractivity contribution < 1.29 is 14.3 Å². The van der Waals surface area contributed by atoms with E-state index in [9.17, 15) is 4.79 Å². The largest absolute Gasteiger partial charge is 0.474 e. The molecule has 1 fully saturated rings. The predicted molar refractivity (Wildman–Crippen MR) is 101 cm³/mol. The number of halogens is 1. The van der Waals surface area contributed by atoms with Crippen molar-refractivity contribution in [3.63, 3.8) is 0 Å². The summed E-state index contributed by atoms with van der Waals surface area (Å²) in [5, 5.41) is 0.592. The van der Waals surface area contributed by atoms with Crippen LogP contribution in [0.1, 0.15) is 11.7 Å². The number of carbonyl (C=O) groups is 1. The van der Waals surface area contributed by atoms with Crippen LogP contribution in [0.25, 0.3) is 0 Å². The van der Waals surface area contributed by atoms with Crippen molar-refractivity contribution in [2.75, 3.05) is 44.3 Å². The number of benzene rings is 2. The molecule has 2 aliphatic heterocycles. The van der Waals surface area contributed by atoms with Gasteiger partial charge >= 0.3 is 0 Å². The summed E-state index contributed by atoms with van der Waals surface area (Å²) in [6.45, 7) is 4.66. The van der Waals surface area contributed by atoms with Gasteiger partial charge in [-0.05, 0) is 18.2 Å². The lowest BCUT2D eigenvalue weighted by Crippen LogP contribution is -2.46. The predicted octanol–water partition coefficient (Wildman–Crippen LogP) is 3.14. The maximum Gasteiger partial charge on any atom is 0.272 e. The standard InChI is InChI=1S/C20H21ClN2O3/c21-16-6-7-18-17(14-16)23(9-8-22-10-12-25-13-11-22)20(24)19(26-18)15-4-2-1-3-5-15/h1-7,14,19H,8-13H2. The summed E-state index contributed by atoms with van der Waals surface area (Å²) in [6, 6.07) is 15.0. The monoisotopic (exact) mass is 372 g/mol. The van der Waals surface area contributed by atoms with Gasteiger partial charge in [-0.15, -0.1) is 0 Å². The minimum Gasteiger partial charge on any atom is -0.474 e. The number of hydrogen-bond donors (Lipinski definition) is 0. The normalized spacial score (nSPS) is 20.6. The van der Waals surface area contributed by atoms with Gasteiger partial charge in [0.2, 0.25) is 6.10 Å². The molecule has 6 heteroatoms. The van der Waals surface area contributed by atoms with Gasteiger partial charge in [-0.2, -0.15) is 0 Å². The molecule has 1 amide bonds. The quantitative estimate of drug-likeness (QED) is 0.826. The zero-order chi connectivity index (χ0) is 17.9. The summed E-state index contributed by atoms with van der Waals surface area (Å²) in [5.74, 6) is 0.629. The highest BCUT2D eigenvalue weighted by Crippen LogP contribution is 2.40. The number of carbonyl (C=O) groups excluding carboxylic acids is 1. The molecule has 1 unspecified atom stereocenters. The van der Waals surface area contributed by atoms with Gasteiger partial charge in [-0.3, -0.25) is 9.69 Å². The number of nitrogens with zero attached hydrogens (tertiary/aromatic N) is 2. The minimum atomic E-state index is -0.630. The second-order valence-electron chi connectivity index (χ2n) is 6.46. The summed E-state index contributed by atoms with van der Waals surface area (Å²) in [4.78, 5) is 17.3. The number of hydrogen-bond acceptors (Lipinski definition) is 4. The van der Waals surface area contributed by atoms with Gasteiger partial charge in [0.1, 0.15) is 5.75 Å². The fourth-order valence-electron chi connectivity index (χ4n) is 3.37. The molecule has 0 N–H and O–H groups in total. The van der Waals surface area contributed by atoms with E-state index >= 15 is 0 Å². The van der Waals surface area contributed by atoms with Crippen molar-refractivity contribution >= 4 is 23.2 Å². The van der Waals surface area contributed by atoms with Gasteiger partial charge in [0, 0.05) is 36.8 Å². The molecule has 5 nitrogen and oxygen atoms in total. The van der Waals surface area contributed by atoms with E-state index in [1.54, 1.807) is 17.0 Å². The Bertz CT molecular complexity index is 778. The first-order chi connectivity index (χ1) is 12.7. The van der Waals surface area contributed by atoms with Crippen LogP contribution in [0.15, 0.2) is 48.5 Å². The molecule has 0 bridgehead atoms. The summed E-state index contributed by atoms with van der Waals surface area (Å²) >= 11 is 6.17. The second-order valence-corrected chi connectivity index (χ2v) is 6.90. The average Bonchev–Trinajstić information content (AvgIpc) is 2.68. The Labute approximate surface area is 158 Å². The van der Waals surface area contributed by atoms with E-state index in [1.165, 1.54) is 0 Å². The summed E-state index contributed by atoms with van der Waals surface area (Å²) in [5.41, 5.74) is 1.59. The van der Waals surface area contributed by atoms with E-state index in [1.807, 2.05) is 36.4 Å². The molecule has 1 atom stereocenters. The van der Waals surface area contributed by atoms with Crippen molar-refractivity contribution in [3.05, 3.63) is 59.1 Å². The molecular weight excluding hydrogens is 352 g/mol. The third-order valence-electron chi connectivity index (χ3n) is 4.79. The van der Waals surface area contributed by atoms with Crippen LogP contribution in [0, 0.1) is 0 Å². The Balaban J connectivity index is 1.61. The number of anilines is 1. The third kappa shape index (κ3) is 3.56. The number of fused-ring (bicyclic) bond motifs is 1. The lowest BCUT2D eigenvalue weighted by Gasteiger charge is -2.36. The molecule has 2 aromatic carbocycles. The Morgan fingerprint density at radius 3 is 2.58 bits per heavy atom. The molecule has 0 saturated carbocycles. The fourth-order valence-corrected chi connectivity index (χ4v) is 3.54. The molecule has 26 heavy (non-hydrogen) atoms. The van der Waals surface area contributed by atoms with Crippen LogP contribution in [0.3, 0.4) is 0 Å². The summed E-state index contributed by atoms with van der Waals surface area (Å²) < 4.78 is 11.4. The Morgan fingerprint density at radius 2 is 1.81 bits per heavy atom. The number of rotatable bonds is 4. The highest BCUT2D eigenvalue weighted by molar-refractivity contribution is 6.31. The van der Waals surface area contributed by atoms with Gasteiger partial charge in [-0.1, -0.05) is 41.9 Å². The molecule has 0 aromatic heterocycles. The zero-order valence-electron chi connectivity index (χ0n) is 14.4. The van der Waals surface area contributed by atoms with E-state index in [4.69, 9.17) is 21.1 Å². The highest BCUT2D eigenvalue weighted by Gasteiger charge is 2.35. The Morgan fingerprint density at radius 1 is 1.04 bits per heavy atom. The lowest BCUT2D eigenvalue weighted by atomic mass is 10.1. The van der Waals surface area contributed by atoms with Gasteiger partial charge in [0.05, 0.1) is 18.9 Å². The molecule has 2 aliphatic rings. The van der Waals surface area contributed by atoms with Gasteiger partial charge < -0.3 is 14.4 Å². The first-order valence-corrected chi connectivity index (χ1v) is 9.23. The molecule has 0 radical (unpaired) electrons. The molecule has 2 heterocycles. The Kier molecular flexibility index (Phi) is 5.11. The fraction of sp³-hybridized carbons (Fsp3) is 0.350. The average molecular weight is 373 g/mol. The molecule has 4 rings (SSSR count). The van der Waals surface area contributed by atoms with E-state index in [-0.39, 0.29) is 5.91 Å². The van der Waals surface area contributed by atoms with Crippen LogP contribution in [-0.4, -0.2) is 50.2 Å². The van der Waals surface area contributed by atoms with Crippen molar-refractivity contribution in [1.82, 2.24) is 4.90 Å². The Hall–Kier alpha value is -2.08. The molecule has 136 valence electrons. The molecule has 0 aliphatic carbocycles. The van der Waals surface area contributed by atoms with Gasteiger partial charge in [0.15, 0.2) is 0 Å². The maximum atomic E-state index is 13.2. The van der Waals surface area contributed by atoms with Gasteiger partial charge in [-0.25, -0.2) is 0 Å². The highest BCUT2D eigenvalue weighted by atomic mass is 35.5. The number of morpholine rings is 1. The van der Waals surface area contributed by atoms with E-state index in [0.717, 1.165) is 44.1 Å². The van der Waals surface area contributed by atoms with Crippen LogP contribution in [0.5, 0.6) is 5.75 Å². The van der Waals surface area contributed by atoms with E-state index < -0.39 is 6.10 Å². The third-order valence-corrected chi connectivity index (χ3v) is 5.03. The topological polar surface area (TPSA) is 42.0 Å². The first kappa shape index (κ1) is 17.3.